The molecule has 6 nitrogen and oxygen atoms in total. The molecule has 0 amide bonds. The summed E-state index contributed by atoms with van der Waals surface area (Å²) in [5.41, 5.74) is 0.988. The third-order valence-corrected chi connectivity index (χ3v) is 4.47. The smallest absolute Gasteiger partial charge is 0.191 e. The van der Waals surface area contributed by atoms with E-state index in [4.69, 9.17) is 9.47 Å². The van der Waals surface area contributed by atoms with E-state index in [-0.39, 0.29) is 30.1 Å². The molecule has 1 atom stereocenters. The summed E-state index contributed by atoms with van der Waals surface area (Å²) < 4.78 is 11.7. The van der Waals surface area contributed by atoms with Crippen molar-refractivity contribution in [1.29, 1.82) is 0 Å². The fourth-order valence-corrected chi connectivity index (χ4v) is 3.09. The highest BCUT2D eigenvalue weighted by Gasteiger charge is 2.20. The average molecular weight is 490 g/mol. The second kappa shape index (κ2) is 9.59. The molecule has 0 spiro atoms. The molecule has 1 aliphatic heterocycles. The van der Waals surface area contributed by atoms with Crippen LogP contribution in [0.2, 0.25) is 0 Å². The maximum atomic E-state index is 5.96. The molecule has 7 heteroatoms. The minimum absolute atomic E-state index is 0. The Balaban J connectivity index is 0.00000225. The Morgan fingerprint density at radius 2 is 1.86 bits per heavy atom. The SMILES string of the molecule is CN=C(NCc1nccc2ccccc12)NCC1COc2ccccc2O1.I. The normalized spacial score (nSPS) is 15.6. The van der Waals surface area contributed by atoms with Gasteiger partial charge in [0.25, 0.3) is 0 Å². The largest absolute Gasteiger partial charge is 0.486 e. The molecule has 2 N–H and O–H groups in total. The Bertz CT molecular complexity index is 959. The van der Waals surface area contributed by atoms with Gasteiger partial charge in [-0.3, -0.25) is 9.98 Å². The van der Waals surface area contributed by atoms with Crippen molar-refractivity contribution in [2.24, 2.45) is 4.99 Å². The first-order chi connectivity index (χ1) is 13.3. The summed E-state index contributed by atoms with van der Waals surface area (Å²) >= 11 is 0. The first-order valence-corrected chi connectivity index (χ1v) is 8.99. The van der Waals surface area contributed by atoms with Gasteiger partial charge in [0.2, 0.25) is 0 Å². The summed E-state index contributed by atoms with van der Waals surface area (Å²) in [6.45, 7) is 1.69. The standard InChI is InChI=1S/C21H22N4O2.HI/c1-22-21(24-12-16-14-26-19-8-4-5-9-20(19)27-16)25-13-18-17-7-3-2-6-15(17)10-11-23-18;/h2-11,16H,12-14H2,1H3,(H2,22,24,25);1H. The molecule has 146 valence electrons. The van der Waals surface area contributed by atoms with Crippen molar-refractivity contribution in [2.45, 2.75) is 12.6 Å². The van der Waals surface area contributed by atoms with Gasteiger partial charge in [0.05, 0.1) is 18.8 Å². The molecule has 2 heterocycles. The van der Waals surface area contributed by atoms with Gasteiger partial charge in [0.1, 0.15) is 12.7 Å². The van der Waals surface area contributed by atoms with Crippen LogP contribution in [0.3, 0.4) is 0 Å². The molecule has 0 radical (unpaired) electrons. The number of ether oxygens (including phenoxy) is 2. The van der Waals surface area contributed by atoms with E-state index < -0.39 is 0 Å². The van der Waals surface area contributed by atoms with Gasteiger partial charge in [-0.1, -0.05) is 36.4 Å². The minimum atomic E-state index is -0.0749. The van der Waals surface area contributed by atoms with Crippen LogP contribution in [0.4, 0.5) is 0 Å². The number of fused-ring (bicyclic) bond motifs is 2. The van der Waals surface area contributed by atoms with E-state index in [1.807, 2.05) is 48.7 Å². The zero-order valence-electron chi connectivity index (χ0n) is 15.6. The van der Waals surface area contributed by atoms with E-state index in [1.165, 1.54) is 5.39 Å². The molecule has 0 saturated carbocycles. The Morgan fingerprint density at radius 3 is 2.71 bits per heavy atom. The van der Waals surface area contributed by atoms with Crippen LogP contribution in [0, 0.1) is 0 Å². The summed E-state index contributed by atoms with van der Waals surface area (Å²) in [5.74, 6) is 2.27. The number of para-hydroxylation sites is 2. The first-order valence-electron chi connectivity index (χ1n) is 8.99. The molecule has 0 fully saturated rings. The quantitative estimate of drug-likeness (QED) is 0.334. The van der Waals surface area contributed by atoms with Crippen molar-refractivity contribution < 1.29 is 9.47 Å². The van der Waals surface area contributed by atoms with E-state index in [0.29, 0.717) is 25.7 Å². The number of guanidine groups is 1. The predicted octanol–water partition coefficient (Wildman–Crippen LogP) is 3.36. The number of pyridine rings is 1. The van der Waals surface area contributed by atoms with Gasteiger partial charge < -0.3 is 20.1 Å². The molecule has 3 aromatic rings. The highest BCUT2D eigenvalue weighted by atomic mass is 127. The number of rotatable bonds is 4. The highest BCUT2D eigenvalue weighted by molar-refractivity contribution is 14.0. The Labute approximate surface area is 181 Å². The Hall–Kier alpha value is -2.55. The zero-order valence-corrected chi connectivity index (χ0v) is 17.9. The molecule has 28 heavy (non-hydrogen) atoms. The van der Waals surface area contributed by atoms with E-state index in [9.17, 15) is 0 Å². The number of hydrogen-bond donors (Lipinski definition) is 2. The van der Waals surface area contributed by atoms with Crippen LogP contribution in [-0.4, -0.2) is 37.2 Å². The highest BCUT2D eigenvalue weighted by Crippen LogP contribution is 2.30. The van der Waals surface area contributed by atoms with Crippen LogP contribution in [-0.2, 0) is 6.54 Å². The van der Waals surface area contributed by atoms with Gasteiger partial charge in [-0.05, 0) is 23.6 Å². The number of halogens is 1. The summed E-state index contributed by atoms with van der Waals surface area (Å²) in [5, 5.41) is 8.93. The lowest BCUT2D eigenvalue weighted by molar-refractivity contribution is 0.0936. The van der Waals surface area contributed by atoms with E-state index in [0.717, 1.165) is 22.6 Å². The molecule has 2 aromatic carbocycles. The lowest BCUT2D eigenvalue weighted by atomic mass is 10.1. The average Bonchev–Trinajstić information content (AvgIpc) is 2.74. The monoisotopic (exact) mass is 490 g/mol. The number of benzene rings is 2. The molecule has 1 unspecified atom stereocenters. The predicted molar refractivity (Wildman–Crippen MR) is 122 cm³/mol. The van der Waals surface area contributed by atoms with Crippen LogP contribution in [0.25, 0.3) is 10.8 Å². The van der Waals surface area contributed by atoms with Crippen molar-refractivity contribution >= 4 is 40.7 Å². The second-order valence-electron chi connectivity index (χ2n) is 6.28. The molecular formula is C21H23IN4O2. The lowest BCUT2D eigenvalue weighted by Crippen LogP contribution is -2.45. The van der Waals surface area contributed by atoms with Gasteiger partial charge in [-0.15, -0.1) is 24.0 Å². The van der Waals surface area contributed by atoms with Gasteiger partial charge >= 0.3 is 0 Å². The molecule has 0 saturated heterocycles. The van der Waals surface area contributed by atoms with Crippen LogP contribution >= 0.6 is 24.0 Å². The van der Waals surface area contributed by atoms with Crippen molar-refractivity contribution in [3.05, 3.63) is 66.5 Å². The topological polar surface area (TPSA) is 67.8 Å². The molecule has 4 rings (SSSR count). The Morgan fingerprint density at radius 1 is 1.07 bits per heavy atom. The van der Waals surface area contributed by atoms with Gasteiger partial charge in [0, 0.05) is 18.6 Å². The zero-order chi connectivity index (χ0) is 18.5. The van der Waals surface area contributed by atoms with Gasteiger partial charge in [0.15, 0.2) is 17.5 Å². The van der Waals surface area contributed by atoms with Crippen molar-refractivity contribution in [3.63, 3.8) is 0 Å². The molecular weight excluding hydrogens is 467 g/mol. The van der Waals surface area contributed by atoms with E-state index in [1.54, 1.807) is 7.05 Å². The summed E-state index contributed by atoms with van der Waals surface area (Å²) in [4.78, 5) is 8.78. The van der Waals surface area contributed by atoms with Gasteiger partial charge in [-0.25, -0.2) is 0 Å². The van der Waals surface area contributed by atoms with E-state index in [2.05, 4.69) is 32.7 Å². The maximum Gasteiger partial charge on any atom is 0.191 e. The van der Waals surface area contributed by atoms with Gasteiger partial charge in [-0.2, -0.15) is 0 Å². The fraction of sp³-hybridized carbons (Fsp3) is 0.238. The number of aromatic nitrogens is 1. The first kappa shape index (κ1) is 20.2. The van der Waals surface area contributed by atoms with Crippen LogP contribution in [0.5, 0.6) is 11.5 Å². The number of nitrogens with one attached hydrogen (secondary N) is 2. The number of aliphatic imine (C=N–C) groups is 1. The van der Waals surface area contributed by atoms with Crippen LogP contribution < -0.4 is 20.1 Å². The number of nitrogens with zero attached hydrogens (tertiary/aromatic N) is 2. The Kier molecular flexibility index (Phi) is 6.91. The van der Waals surface area contributed by atoms with E-state index >= 15 is 0 Å². The van der Waals surface area contributed by atoms with Crippen molar-refractivity contribution in [1.82, 2.24) is 15.6 Å². The molecule has 0 aliphatic carbocycles. The van der Waals surface area contributed by atoms with Crippen molar-refractivity contribution in [3.8, 4) is 11.5 Å². The summed E-state index contributed by atoms with van der Waals surface area (Å²) in [6.07, 6.45) is 1.76. The summed E-state index contributed by atoms with van der Waals surface area (Å²) in [7, 11) is 1.75. The second-order valence-corrected chi connectivity index (χ2v) is 6.28. The molecule has 1 aromatic heterocycles. The third kappa shape index (κ3) is 4.64. The lowest BCUT2D eigenvalue weighted by Gasteiger charge is -2.27. The van der Waals surface area contributed by atoms with Crippen LogP contribution in [0.15, 0.2) is 65.8 Å². The summed E-state index contributed by atoms with van der Waals surface area (Å²) in [6, 6.07) is 18.0. The van der Waals surface area contributed by atoms with Crippen LogP contribution in [0.1, 0.15) is 5.69 Å². The third-order valence-electron chi connectivity index (χ3n) is 4.47. The maximum absolute atomic E-state index is 5.96. The molecule has 0 bridgehead atoms. The molecule has 1 aliphatic rings. The number of hydrogen-bond acceptors (Lipinski definition) is 4. The fourth-order valence-electron chi connectivity index (χ4n) is 3.09. The minimum Gasteiger partial charge on any atom is -0.486 e. The van der Waals surface area contributed by atoms with Crippen molar-refractivity contribution in [2.75, 3.05) is 20.2 Å².